The highest BCUT2D eigenvalue weighted by Gasteiger charge is 2.41. The number of carbonyl (C=O) groups excluding carboxylic acids is 1. The summed E-state index contributed by atoms with van der Waals surface area (Å²) in [5.74, 6) is 0.634. The van der Waals surface area contributed by atoms with Gasteiger partial charge in [0, 0.05) is 0 Å². The minimum Gasteiger partial charge on any atom is -0.478 e. The average Bonchev–Trinajstić information content (AvgIpc) is 2.64. The normalized spacial score (nSPS) is 15.3. The summed E-state index contributed by atoms with van der Waals surface area (Å²) in [6, 6.07) is 4.78. The summed E-state index contributed by atoms with van der Waals surface area (Å²) in [5, 5.41) is 20.3. The highest BCUT2D eigenvalue weighted by molar-refractivity contribution is 6.20. The molecule has 1 atom stereocenters. The van der Waals surface area contributed by atoms with Gasteiger partial charge in [-0.05, 0) is 44.9 Å². The average molecular weight is 366 g/mol. The molecule has 0 spiro atoms. The maximum atomic E-state index is 12.6. The van der Waals surface area contributed by atoms with Crippen molar-refractivity contribution >= 4 is 17.6 Å². The van der Waals surface area contributed by atoms with Crippen LogP contribution in [0.3, 0.4) is 0 Å². The monoisotopic (exact) mass is 365 g/mol. The minimum atomic E-state index is -0.902. The number of nitrogens with zero attached hydrogens (tertiary/aromatic N) is 1. The van der Waals surface area contributed by atoms with Gasteiger partial charge in [-0.3, -0.25) is 5.41 Å². The fraction of sp³-hybridized carbons (Fsp3) is 0.600. The Labute approximate surface area is 158 Å². The molecule has 6 nitrogen and oxygen atoms in total. The standard InChI is InChI=1S/C16H23N3O3.2C2H6/c1-5-11(9-20)18-15(21)19-12-8-10(2)6-7-13(12)22-16(3,4)14(19)17;2*1-2/h6-8,11,17,20H,5,9H2,1-4H3,(H,18,21);2*1-2H3. The third kappa shape index (κ3) is 5.46. The van der Waals surface area contributed by atoms with Gasteiger partial charge in [-0.15, -0.1) is 0 Å². The van der Waals surface area contributed by atoms with Gasteiger partial charge >= 0.3 is 6.03 Å². The van der Waals surface area contributed by atoms with E-state index in [2.05, 4.69) is 5.32 Å². The van der Waals surface area contributed by atoms with Crippen molar-refractivity contribution in [3.63, 3.8) is 0 Å². The number of urea groups is 1. The fourth-order valence-electron chi connectivity index (χ4n) is 2.33. The van der Waals surface area contributed by atoms with Crippen molar-refractivity contribution < 1.29 is 14.6 Å². The van der Waals surface area contributed by atoms with Crippen LogP contribution < -0.4 is 15.0 Å². The Hall–Kier alpha value is -2.08. The molecule has 1 aromatic carbocycles. The van der Waals surface area contributed by atoms with E-state index in [9.17, 15) is 9.90 Å². The number of hydrogen-bond acceptors (Lipinski definition) is 4. The molecule has 148 valence electrons. The molecule has 2 rings (SSSR count). The van der Waals surface area contributed by atoms with Gasteiger partial charge in [0.1, 0.15) is 5.75 Å². The molecule has 0 bridgehead atoms. The molecule has 26 heavy (non-hydrogen) atoms. The van der Waals surface area contributed by atoms with E-state index in [0.717, 1.165) is 5.56 Å². The number of hydrogen-bond donors (Lipinski definition) is 3. The van der Waals surface area contributed by atoms with E-state index < -0.39 is 11.6 Å². The zero-order valence-electron chi connectivity index (χ0n) is 17.4. The van der Waals surface area contributed by atoms with Crippen LogP contribution in [0.25, 0.3) is 0 Å². The molecule has 1 unspecified atom stereocenters. The van der Waals surface area contributed by atoms with Crippen LogP contribution in [-0.4, -0.2) is 35.2 Å². The first-order valence-corrected chi connectivity index (χ1v) is 9.40. The number of anilines is 1. The maximum absolute atomic E-state index is 12.6. The number of amides is 2. The Bertz CT molecular complexity index is 596. The SMILES string of the molecule is CC.CC.CCC(CO)NC(=O)N1C(=N)C(C)(C)Oc2ccc(C)cc21. The van der Waals surface area contributed by atoms with Crippen LogP contribution in [0.1, 0.15) is 60.5 Å². The van der Waals surface area contributed by atoms with Crippen molar-refractivity contribution in [2.24, 2.45) is 0 Å². The van der Waals surface area contributed by atoms with Crippen molar-refractivity contribution in [2.75, 3.05) is 11.5 Å². The zero-order chi connectivity index (χ0) is 20.5. The Kier molecular flexibility index (Phi) is 9.94. The number of fused-ring (bicyclic) bond motifs is 1. The molecular weight excluding hydrogens is 330 g/mol. The van der Waals surface area contributed by atoms with E-state index >= 15 is 0 Å². The van der Waals surface area contributed by atoms with Crippen LogP contribution in [0, 0.1) is 12.3 Å². The highest BCUT2D eigenvalue weighted by atomic mass is 16.5. The molecule has 1 aliphatic heterocycles. The van der Waals surface area contributed by atoms with E-state index in [1.54, 1.807) is 13.8 Å². The Morgan fingerprint density at radius 2 is 1.88 bits per heavy atom. The molecule has 0 aromatic heterocycles. The zero-order valence-corrected chi connectivity index (χ0v) is 17.4. The summed E-state index contributed by atoms with van der Waals surface area (Å²) >= 11 is 0. The van der Waals surface area contributed by atoms with E-state index in [0.29, 0.717) is 17.9 Å². The molecule has 1 heterocycles. The number of nitrogens with one attached hydrogen (secondary N) is 2. The molecule has 3 N–H and O–H groups in total. The van der Waals surface area contributed by atoms with Gasteiger partial charge in [-0.25, -0.2) is 9.69 Å². The number of aliphatic hydroxyl groups excluding tert-OH is 1. The molecule has 6 heteroatoms. The van der Waals surface area contributed by atoms with Gasteiger partial charge in [-0.1, -0.05) is 40.7 Å². The largest absolute Gasteiger partial charge is 0.478 e. The molecule has 0 aliphatic carbocycles. The van der Waals surface area contributed by atoms with E-state index in [1.165, 1.54) is 4.90 Å². The number of aliphatic hydroxyl groups is 1. The number of ether oxygens (including phenoxy) is 1. The first-order chi connectivity index (χ1) is 12.3. The summed E-state index contributed by atoms with van der Waals surface area (Å²) < 4.78 is 5.83. The topological polar surface area (TPSA) is 85.7 Å². The first-order valence-electron chi connectivity index (χ1n) is 9.40. The van der Waals surface area contributed by atoms with Crippen molar-refractivity contribution in [2.45, 2.75) is 73.5 Å². The van der Waals surface area contributed by atoms with E-state index in [4.69, 9.17) is 10.1 Å². The van der Waals surface area contributed by atoms with Crippen LogP contribution in [0.15, 0.2) is 18.2 Å². The summed E-state index contributed by atoms with van der Waals surface area (Å²) in [5.41, 5.74) is 0.622. The van der Waals surface area contributed by atoms with Crippen LogP contribution >= 0.6 is 0 Å². The fourth-order valence-corrected chi connectivity index (χ4v) is 2.33. The highest BCUT2D eigenvalue weighted by Crippen LogP contribution is 2.38. The number of benzene rings is 1. The minimum absolute atomic E-state index is 0.0656. The Balaban J connectivity index is 0.00000146. The number of carbonyl (C=O) groups is 1. The number of aryl methyl sites for hydroxylation is 1. The lowest BCUT2D eigenvalue weighted by atomic mass is 10.0. The summed E-state index contributed by atoms with van der Waals surface area (Å²) in [6.45, 7) is 15.2. The van der Waals surface area contributed by atoms with Gasteiger partial charge in [0.15, 0.2) is 11.4 Å². The molecule has 1 aromatic rings. The second kappa shape index (κ2) is 10.8. The summed E-state index contributed by atoms with van der Waals surface area (Å²) in [4.78, 5) is 13.9. The lowest BCUT2D eigenvalue weighted by Crippen LogP contribution is -2.58. The predicted octanol–water partition coefficient (Wildman–Crippen LogP) is 4.48. The smallest absolute Gasteiger partial charge is 0.327 e. The molecule has 0 saturated heterocycles. The second-order valence-corrected chi connectivity index (χ2v) is 6.00. The van der Waals surface area contributed by atoms with Crippen molar-refractivity contribution in [3.8, 4) is 5.75 Å². The van der Waals surface area contributed by atoms with Crippen molar-refractivity contribution in [3.05, 3.63) is 23.8 Å². The Morgan fingerprint density at radius 3 is 2.38 bits per heavy atom. The van der Waals surface area contributed by atoms with Crippen molar-refractivity contribution in [1.82, 2.24) is 5.32 Å². The molecule has 0 saturated carbocycles. The lowest BCUT2D eigenvalue weighted by Gasteiger charge is -2.40. The predicted molar refractivity (Wildman–Crippen MR) is 108 cm³/mol. The quantitative estimate of drug-likeness (QED) is 0.738. The van der Waals surface area contributed by atoms with Crippen LogP contribution in [-0.2, 0) is 0 Å². The van der Waals surface area contributed by atoms with Gasteiger partial charge in [-0.2, -0.15) is 0 Å². The van der Waals surface area contributed by atoms with Gasteiger partial charge in [0.25, 0.3) is 0 Å². The third-order valence-corrected chi connectivity index (χ3v) is 3.76. The van der Waals surface area contributed by atoms with Crippen molar-refractivity contribution in [1.29, 1.82) is 5.41 Å². The Morgan fingerprint density at radius 1 is 1.31 bits per heavy atom. The van der Waals surface area contributed by atoms with Gasteiger partial charge in [0.2, 0.25) is 0 Å². The first kappa shape index (κ1) is 23.9. The van der Waals surface area contributed by atoms with Gasteiger partial charge < -0.3 is 15.2 Å². The molecule has 0 radical (unpaired) electrons. The van der Waals surface area contributed by atoms with Crippen LogP contribution in [0.4, 0.5) is 10.5 Å². The second-order valence-electron chi connectivity index (χ2n) is 6.00. The lowest BCUT2D eigenvalue weighted by molar-refractivity contribution is 0.171. The molecule has 2 amide bonds. The molecule has 1 aliphatic rings. The summed E-state index contributed by atoms with van der Waals surface area (Å²) in [6.07, 6.45) is 0.615. The van der Waals surface area contributed by atoms with Crippen LogP contribution in [0.5, 0.6) is 5.75 Å². The molecule has 0 fully saturated rings. The maximum Gasteiger partial charge on any atom is 0.327 e. The van der Waals surface area contributed by atoms with Gasteiger partial charge in [0.05, 0.1) is 18.3 Å². The summed E-state index contributed by atoms with van der Waals surface area (Å²) in [7, 11) is 0. The third-order valence-electron chi connectivity index (χ3n) is 3.76. The number of amidine groups is 1. The number of rotatable bonds is 3. The van der Waals surface area contributed by atoms with E-state index in [1.807, 2.05) is 59.7 Å². The van der Waals surface area contributed by atoms with E-state index in [-0.39, 0.29) is 18.5 Å². The molecular formula is C20H35N3O3. The van der Waals surface area contributed by atoms with Crippen LogP contribution in [0.2, 0.25) is 0 Å².